The van der Waals surface area contributed by atoms with E-state index in [1.54, 1.807) is 4.57 Å². The third-order valence-corrected chi connectivity index (χ3v) is 8.19. The van der Waals surface area contributed by atoms with E-state index in [-0.39, 0.29) is 5.56 Å². The predicted molar refractivity (Wildman–Crippen MR) is 163 cm³/mol. The molecule has 1 aliphatic heterocycles. The maximum atomic E-state index is 13.9. The Kier molecular flexibility index (Phi) is 8.85. The lowest BCUT2D eigenvalue weighted by atomic mass is 9.95. The van der Waals surface area contributed by atoms with E-state index < -0.39 is 12.0 Å². The van der Waals surface area contributed by atoms with Crippen molar-refractivity contribution in [3.8, 4) is 11.5 Å². The highest BCUT2D eigenvalue weighted by molar-refractivity contribution is 9.10. The molecule has 0 saturated carbocycles. The molecule has 3 aromatic carbocycles. The second-order valence-corrected chi connectivity index (χ2v) is 11.1. The van der Waals surface area contributed by atoms with Gasteiger partial charge in [-0.1, -0.05) is 78.9 Å². The Bertz CT molecular complexity index is 1780. The minimum Gasteiger partial charge on any atom is -0.490 e. The maximum Gasteiger partial charge on any atom is 0.338 e. The normalized spacial score (nSPS) is 14.8. The fourth-order valence-electron chi connectivity index (χ4n) is 4.77. The van der Waals surface area contributed by atoms with E-state index in [2.05, 4.69) is 15.9 Å². The Balaban J connectivity index is 1.61. The Hall–Kier alpha value is -3.95. The first-order valence-corrected chi connectivity index (χ1v) is 14.9. The molecular weight excluding hydrogens is 604 g/mol. The molecular formula is C32H29BrN2O5S. The minimum atomic E-state index is -0.642. The summed E-state index contributed by atoms with van der Waals surface area (Å²) in [5.41, 5.74) is 3.36. The number of hydrogen-bond donors (Lipinski definition) is 0. The lowest BCUT2D eigenvalue weighted by Crippen LogP contribution is -2.40. The molecule has 1 aromatic heterocycles. The van der Waals surface area contributed by atoms with Crippen LogP contribution in [0.15, 0.2) is 98.3 Å². The highest BCUT2D eigenvalue weighted by atomic mass is 79.9. The van der Waals surface area contributed by atoms with Crippen LogP contribution in [-0.4, -0.2) is 24.3 Å². The van der Waals surface area contributed by atoms with Gasteiger partial charge in [0.15, 0.2) is 16.3 Å². The van der Waals surface area contributed by atoms with Gasteiger partial charge in [-0.2, -0.15) is 0 Å². The third kappa shape index (κ3) is 5.92. The molecule has 0 fully saturated rings. The van der Waals surface area contributed by atoms with Crippen LogP contribution in [0.1, 0.15) is 43.0 Å². The van der Waals surface area contributed by atoms with Gasteiger partial charge in [-0.05, 0) is 64.2 Å². The predicted octanol–water partition coefficient (Wildman–Crippen LogP) is 5.54. The fraction of sp³-hybridized carbons (Fsp3) is 0.219. The summed E-state index contributed by atoms with van der Waals surface area (Å²) < 4.78 is 20.0. The summed E-state index contributed by atoms with van der Waals surface area (Å²) in [7, 11) is 1.34. The molecule has 0 spiro atoms. The monoisotopic (exact) mass is 632 g/mol. The molecule has 4 aromatic rings. The lowest BCUT2D eigenvalue weighted by molar-refractivity contribution is -0.136. The molecule has 41 heavy (non-hydrogen) atoms. The van der Waals surface area contributed by atoms with Crippen LogP contribution in [0.4, 0.5) is 0 Å². The number of hydrogen-bond acceptors (Lipinski definition) is 7. The van der Waals surface area contributed by atoms with Crippen LogP contribution in [0.3, 0.4) is 0 Å². The van der Waals surface area contributed by atoms with Crippen molar-refractivity contribution in [1.82, 2.24) is 4.57 Å². The largest absolute Gasteiger partial charge is 0.490 e. The van der Waals surface area contributed by atoms with Crippen LogP contribution in [-0.2, 0) is 16.1 Å². The zero-order chi connectivity index (χ0) is 28.9. The molecule has 0 amide bonds. The van der Waals surface area contributed by atoms with Gasteiger partial charge in [-0.15, -0.1) is 0 Å². The van der Waals surface area contributed by atoms with E-state index in [1.807, 2.05) is 92.7 Å². The van der Waals surface area contributed by atoms with Crippen molar-refractivity contribution < 1.29 is 19.0 Å². The molecule has 5 rings (SSSR count). The summed E-state index contributed by atoms with van der Waals surface area (Å²) in [6, 6.07) is 22.5. The Morgan fingerprint density at radius 1 is 1.05 bits per heavy atom. The number of carbonyl (C=O) groups is 1. The van der Waals surface area contributed by atoms with Gasteiger partial charge in [0.2, 0.25) is 0 Å². The highest BCUT2D eigenvalue weighted by Crippen LogP contribution is 2.38. The number of esters is 1. The van der Waals surface area contributed by atoms with Crippen LogP contribution in [0, 0.1) is 0 Å². The number of carbonyl (C=O) groups excluding carboxylic acids is 1. The molecule has 210 valence electrons. The maximum absolute atomic E-state index is 13.9. The second kappa shape index (κ2) is 12.7. The average Bonchev–Trinajstić information content (AvgIpc) is 3.30. The van der Waals surface area contributed by atoms with Gasteiger partial charge in [-0.25, -0.2) is 9.79 Å². The number of rotatable bonds is 9. The summed E-state index contributed by atoms with van der Waals surface area (Å²) in [5, 5.41) is 0. The third-order valence-electron chi connectivity index (χ3n) is 6.62. The summed E-state index contributed by atoms with van der Waals surface area (Å²) >= 11 is 4.93. The van der Waals surface area contributed by atoms with Gasteiger partial charge in [0, 0.05) is 0 Å². The van der Waals surface area contributed by atoms with Crippen LogP contribution in [0.5, 0.6) is 11.5 Å². The van der Waals surface area contributed by atoms with Gasteiger partial charge in [0.1, 0.15) is 6.61 Å². The lowest BCUT2D eigenvalue weighted by Gasteiger charge is -2.25. The van der Waals surface area contributed by atoms with Crippen molar-refractivity contribution in [3.63, 3.8) is 0 Å². The smallest absolute Gasteiger partial charge is 0.338 e. The zero-order valence-electron chi connectivity index (χ0n) is 22.9. The molecule has 0 N–H and O–H groups in total. The van der Waals surface area contributed by atoms with Gasteiger partial charge in [0.05, 0.1) is 40.0 Å². The number of nitrogens with zero attached hydrogens (tertiary/aromatic N) is 2. The van der Waals surface area contributed by atoms with E-state index in [9.17, 15) is 9.59 Å². The first-order valence-electron chi connectivity index (χ1n) is 13.3. The van der Waals surface area contributed by atoms with Crippen molar-refractivity contribution >= 4 is 39.3 Å². The zero-order valence-corrected chi connectivity index (χ0v) is 25.3. The molecule has 2 heterocycles. The number of fused-ring (bicyclic) bond motifs is 1. The molecule has 0 aliphatic carbocycles. The Labute approximate surface area is 250 Å². The van der Waals surface area contributed by atoms with Crippen molar-refractivity contribution in [3.05, 3.63) is 125 Å². The van der Waals surface area contributed by atoms with Gasteiger partial charge in [-0.3, -0.25) is 9.36 Å². The SMILES string of the molecule is CCOc1cc(/C=c2\sc3n(c2=O)[C@H](c2ccccc2)C(C(=O)OC)=C(CC)N=3)cc(Br)c1OCc1ccccc1. The average molecular weight is 634 g/mol. The number of ether oxygens (including phenoxy) is 3. The van der Waals surface area contributed by atoms with E-state index in [0.29, 0.717) is 56.2 Å². The van der Waals surface area contributed by atoms with E-state index in [0.717, 1.165) is 16.7 Å². The highest BCUT2D eigenvalue weighted by Gasteiger charge is 2.33. The number of thiazole rings is 1. The summed E-state index contributed by atoms with van der Waals surface area (Å²) in [6.45, 7) is 4.69. The molecule has 0 unspecified atom stereocenters. The minimum absolute atomic E-state index is 0.238. The number of halogens is 1. The second-order valence-electron chi connectivity index (χ2n) is 9.24. The molecule has 0 radical (unpaired) electrons. The molecule has 7 nitrogen and oxygen atoms in total. The van der Waals surface area contributed by atoms with Crippen LogP contribution < -0.4 is 24.4 Å². The number of allylic oxidation sites excluding steroid dienone is 1. The summed E-state index contributed by atoms with van der Waals surface area (Å²) in [5.74, 6) is 0.666. The number of benzene rings is 3. The van der Waals surface area contributed by atoms with Gasteiger partial charge < -0.3 is 14.2 Å². The van der Waals surface area contributed by atoms with E-state index in [4.69, 9.17) is 19.2 Å². The standard InChI is InChI=1S/C32H29BrN2O5S/c1-4-24-27(31(37)38-3)28(22-14-10-7-11-15-22)35-30(36)26(41-32(35)34-24)18-21-16-23(33)29(25(17-21)39-5-2)40-19-20-12-8-6-9-13-20/h6-18,28H,4-5,19H2,1-3H3/b26-18-/t28-/m1/s1. The topological polar surface area (TPSA) is 79.1 Å². The molecule has 9 heteroatoms. The first-order chi connectivity index (χ1) is 19.9. The van der Waals surface area contributed by atoms with Crippen LogP contribution in [0.2, 0.25) is 0 Å². The first kappa shape index (κ1) is 28.6. The van der Waals surface area contributed by atoms with Crippen molar-refractivity contribution in [2.24, 2.45) is 4.99 Å². The quantitative estimate of drug-likeness (QED) is 0.226. The van der Waals surface area contributed by atoms with Crippen molar-refractivity contribution in [2.45, 2.75) is 32.9 Å². The number of methoxy groups -OCH3 is 1. The number of aromatic nitrogens is 1. The molecule has 0 bridgehead atoms. The summed E-state index contributed by atoms with van der Waals surface area (Å²) in [4.78, 5) is 32.1. The Morgan fingerprint density at radius 2 is 1.76 bits per heavy atom. The van der Waals surface area contributed by atoms with Gasteiger partial charge >= 0.3 is 5.97 Å². The van der Waals surface area contributed by atoms with E-state index in [1.165, 1.54) is 18.4 Å². The van der Waals surface area contributed by atoms with Gasteiger partial charge in [0.25, 0.3) is 5.56 Å². The van der Waals surface area contributed by atoms with Crippen molar-refractivity contribution in [1.29, 1.82) is 0 Å². The Morgan fingerprint density at radius 3 is 2.41 bits per heavy atom. The van der Waals surface area contributed by atoms with E-state index >= 15 is 0 Å². The summed E-state index contributed by atoms with van der Waals surface area (Å²) in [6.07, 6.45) is 2.33. The van der Waals surface area contributed by atoms with Crippen LogP contribution >= 0.6 is 27.3 Å². The van der Waals surface area contributed by atoms with Crippen molar-refractivity contribution in [2.75, 3.05) is 13.7 Å². The van der Waals surface area contributed by atoms with Crippen LogP contribution in [0.25, 0.3) is 6.08 Å². The molecule has 0 saturated heterocycles. The fourth-order valence-corrected chi connectivity index (χ4v) is 6.36. The molecule has 1 aliphatic rings. The molecule has 1 atom stereocenters.